The van der Waals surface area contributed by atoms with Gasteiger partial charge in [-0.3, -0.25) is 0 Å². The highest BCUT2D eigenvalue weighted by atomic mass is 32.2. The van der Waals surface area contributed by atoms with Crippen LogP contribution in [-0.4, -0.2) is 20.7 Å². The van der Waals surface area contributed by atoms with Crippen LogP contribution >= 0.6 is 0 Å². The average molecular weight is 135 g/mol. The number of hydrogen-bond acceptors (Lipinski definition) is 2. The maximum Gasteiger partial charge on any atom is 0.173 e. The molecule has 0 aromatic heterocycles. The monoisotopic (exact) mass is 135 g/mol. The Labute approximate surface area is 50.8 Å². The third kappa shape index (κ3) is 0.788. The van der Waals surface area contributed by atoms with Crippen molar-refractivity contribution in [3.05, 3.63) is 0 Å². The molecule has 8 heavy (non-hydrogen) atoms. The lowest BCUT2D eigenvalue weighted by atomic mass is 10.7. The van der Waals surface area contributed by atoms with Crippen LogP contribution in [0.1, 0.15) is 12.8 Å². The third-order valence-electron chi connectivity index (χ3n) is 1.49. The largest absolute Gasteiger partial charge is 0.305 e. The fraction of sp³-hybridized carbons (Fsp3) is 1.00. The molecule has 0 aromatic rings. The van der Waals surface area contributed by atoms with E-state index in [1.54, 1.807) is 7.05 Å². The molecule has 4 heteroatoms. The zero-order valence-corrected chi connectivity index (χ0v) is 5.49. The van der Waals surface area contributed by atoms with Crippen molar-refractivity contribution in [2.45, 2.75) is 17.7 Å². The van der Waals surface area contributed by atoms with E-state index in [1.807, 2.05) is 0 Å². The molecule has 1 fully saturated rings. The van der Waals surface area contributed by atoms with Crippen molar-refractivity contribution in [2.24, 2.45) is 0 Å². The van der Waals surface area contributed by atoms with Crippen molar-refractivity contribution in [1.29, 1.82) is 0 Å². The molecule has 0 radical (unpaired) electrons. The Morgan fingerprint density at radius 2 is 2.25 bits per heavy atom. The van der Waals surface area contributed by atoms with E-state index in [0.717, 1.165) is 12.8 Å². The summed E-state index contributed by atoms with van der Waals surface area (Å²) in [6.07, 6.45) is 1.65. The maximum absolute atomic E-state index is 10.4. The molecular formula is C4H9NO2S. The lowest BCUT2D eigenvalue weighted by Crippen LogP contribution is -2.31. The molecule has 48 valence electrons. The second-order valence-electron chi connectivity index (χ2n) is 1.99. The van der Waals surface area contributed by atoms with Gasteiger partial charge in [0.1, 0.15) is 4.87 Å². The molecule has 1 saturated carbocycles. The van der Waals surface area contributed by atoms with Crippen LogP contribution < -0.4 is 5.32 Å². The molecule has 1 unspecified atom stereocenters. The SMILES string of the molecule is CNC1(S(=O)O)CC1. The third-order valence-corrected chi connectivity index (χ3v) is 2.77. The lowest BCUT2D eigenvalue weighted by Gasteiger charge is -2.05. The van der Waals surface area contributed by atoms with E-state index in [-0.39, 0.29) is 0 Å². The minimum atomic E-state index is -1.68. The van der Waals surface area contributed by atoms with Crippen LogP contribution in [0.2, 0.25) is 0 Å². The van der Waals surface area contributed by atoms with Crippen LogP contribution in [-0.2, 0) is 11.1 Å². The quantitative estimate of drug-likeness (QED) is 0.520. The summed E-state index contributed by atoms with van der Waals surface area (Å²) in [7, 11) is 1.71. The van der Waals surface area contributed by atoms with Gasteiger partial charge in [-0.05, 0) is 19.9 Å². The zero-order chi connectivity index (χ0) is 6.20. The summed E-state index contributed by atoms with van der Waals surface area (Å²) < 4.78 is 18.9. The number of rotatable bonds is 2. The summed E-state index contributed by atoms with van der Waals surface area (Å²) in [4.78, 5) is -0.431. The summed E-state index contributed by atoms with van der Waals surface area (Å²) in [5.74, 6) is 0. The summed E-state index contributed by atoms with van der Waals surface area (Å²) in [5.41, 5.74) is 0. The molecular weight excluding hydrogens is 126 g/mol. The van der Waals surface area contributed by atoms with E-state index >= 15 is 0 Å². The molecule has 2 N–H and O–H groups in total. The molecule has 0 spiro atoms. The topological polar surface area (TPSA) is 49.3 Å². The van der Waals surface area contributed by atoms with Gasteiger partial charge in [-0.15, -0.1) is 0 Å². The van der Waals surface area contributed by atoms with Crippen LogP contribution in [0.5, 0.6) is 0 Å². The van der Waals surface area contributed by atoms with Gasteiger partial charge in [0.2, 0.25) is 0 Å². The smallest absolute Gasteiger partial charge is 0.173 e. The molecule has 1 rings (SSSR count). The van der Waals surface area contributed by atoms with Gasteiger partial charge in [-0.2, -0.15) is 0 Å². The van der Waals surface area contributed by atoms with E-state index in [9.17, 15) is 4.21 Å². The van der Waals surface area contributed by atoms with Gasteiger partial charge in [-0.25, -0.2) is 4.21 Å². The van der Waals surface area contributed by atoms with E-state index in [2.05, 4.69) is 5.32 Å². The Kier molecular flexibility index (Phi) is 1.38. The second kappa shape index (κ2) is 1.79. The first-order valence-corrected chi connectivity index (χ1v) is 3.62. The molecule has 0 aromatic carbocycles. The average Bonchev–Trinajstić information content (AvgIpc) is 2.44. The normalized spacial score (nSPS) is 27.2. The van der Waals surface area contributed by atoms with Crippen LogP contribution in [0, 0.1) is 0 Å². The molecule has 0 saturated heterocycles. The fourth-order valence-corrected chi connectivity index (χ4v) is 1.25. The van der Waals surface area contributed by atoms with Crippen molar-refractivity contribution in [3.63, 3.8) is 0 Å². The first-order valence-electron chi connectivity index (χ1n) is 2.51. The molecule has 0 heterocycles. The highest BCUT2D eigenvalue weighted by molar-refractivity contribution is 7.81. The number of nitrogens with one attached hydrogen (secondary N) is 1. The molecule has 0 aliphatic heterocycles. The Bertz CT molecular complexity index is 121. The predicted octanol–water partition coefficient (Wildman–Crippen LogP) is -0.0824. The van der Waals surface area contributed by atoms with Crippen molar-refractivity contribution in [3.8, 4) is 0 Å². The first kappa shape index (κ1) is 6.19. The molecule has 0 amide bonds. The van der Waals surface area contributed by atoms with Crippen LogP contribution in [0.25, 0.3) is 0 Å². The van der Waals surface area contributed by atoms with Crippen LogP contribution in [0.15, 0.2) is 0 Å². The van der Waals surface area contributed by atoms with Gasteiger partial charge in [0.05, 0.1) is 0 Å². The van der Waals surface area contributed by atoms with Gasteiger partial charge in [-0.1, -0.05) is 0 Å². The summed E-state index contributed by atoms with van der Waals surface area (Å²) in [6, 6.07) is 0. The minimum absolute atomic E-state index is 0.431. The van der Waals surface area contributed by atoms with Crippen molar-refractivity contribution < 1.29 is 8.76 Å². The highest BCUT2D eigenvalue weighted by Crippen LogP contribution is 2.37. The summed E-state index contributed by atoms with van der Waals surface area (Å²) >= 11 is -1.68. The second-order valence-corrected chi connectivity index (χ2v) is 3.27. The first-order chi connectivity index (χ1) is 3.71. The Morgan fingerprint density at radius 3 is 2.25 bits per heavy atom. The van der Waals surface area contributed by atoms with Gasteiger partial charge in [0, 0.05) is 0 Å². The van der Waals surface area contributed by atoms with Crippen LogP contribution in [0.3, 0.4) is 0 Å². The summed E-state index contributed by atoms with van der Waals surface area (Å²) in [5, 5.41) is 2.80. The number of hydrogen-bond donors (Lipinski definition) is 2. The fourth-order valence-electron chi connectivity index (χ4n) is 0.625. The van der Waals surface area contributed by atoms with Crippen molar-refractivity contribution >= 4 is 11.1 Å². The van der Waals surface area contributed by atoms with E-state index in [0.29, 0.717) is 0 Å². The van der Waals surface area contributed by atoms with E-state index in [4.69, 9.17) is 4.55 Å². The predicted molar refractivity (Wildman–Crippen MR) is 31.8 cm³/mol. The Hall–Kier alpha value is 0.0700. The van der Waals surface area contributed by atoms with E-state index < -0.39 is 16.0 Å². The van der Waals surface area contributed by atoms with Gasteiger partial charge in [0.25, 0.3) is 0 Å². The molecule has 1 atom stereocenters. The van der Waals surface area contributed by atoms with Gasteiger partial charge in [0.15, 0.2) is 11.1 Å². The maximum atomic E-state index is 10.4. The lowest BCUT2D eigenvalue weighted by molar-refractivity contribution is 0.529. The van der Waals surface area contributed by atoms with Crippen LogP contribution in [0.4, 0.5) is 0 Å². The molecule has 3 nitrogen and oxygen atoms in total. The van der Waals surface area contributed by atoms with Gasteiger partial charge >= 0.3 is 0 Å². The summed E-state index contributed by atoms with van der Waals surface area (Å²) in [6.45, 7) is 0. The molecule has 0 bridgehead atoms. The minimum Gasteiger partial charge on any atom is -0.305 e. The van der Waals surface area contributed by atoms with Crippen molar-refractivity contribution in [2.75, 3.05) is 7.05 Å². The standard InChI is InChI=1S/C4H9NO2S/c1-5-4(2-3-4)8(6)7/h5H,2-3H2,1H3,(H,6,7). The molecule has 1 aliphatic carbocycles. The highest BCUT2D eigenvalue weighted by Gasteiger charge is 2.47. The van der Waals surface area contributed by atoms with E-state index in [1.165, 1.54) is 0 Å². The Balaban J connectivity index is 2.53. The van der Waals surface area contributed by atoms with Crippen molar-refractivity contribution in [1.82, 2.24) is 5.32 Å². The Morgan fingerprint density at radius 1 is 1.75 bits per heavy atom. The zero-order valence-electron chi connectivity index (χ0n) is 4.68. The van der Waals surface area contributed by atoms with Gasteiger partial charge < -0.3 is 9.87 Å². The molecule has 1 aliphatic rings.